The van der Waals surface area contributed by atoms with Crippen molar-refractivity contribution in [3.05, 3.63) is 0 Å². The van der Waals surface area contributed by atoms with E-state index in [0.717, 1.165) is 56.8 Å². The fraction of sp³-hybridized carbons (Fsp3) is 1.00. The summed E-state index contributed by atoms with van der Waals surface area (Å²) in [5, 5.41) is 0. The number of hydrogen-bond acceptors (Lipinski definition) is 3. The molecule has 4 fully saturated rings. The SMILES string of the molecule is CC(C)CC1(CN2CCC(F)(CN3CCC(C4CCN(C(C)C)CC4)CC3)CC2)CC1. The van der Waals surface area contributed by atoms with Crippen LogP contribution in [-0.4, -0.2) is 78.8 Å². The Bertz CT molecular complexity index is 549. The van der Waals surface area contributed by atoms with E-state index in [1.165, 1.54) is 64.6 Å². The van der Waals surface area contributed by atoms with E-state index < -0.39 is 5.67 Å². The molecule has 0 atom stereocenters. The molecular weight excluding hydrogens is 385 g/mol. The minimum Gasteiger partial charge on any atom is -0.303 e. The molecule has 4 heteroatoms. The van der Waals surface area contributed by atoms with Crippen molar-refractivity contribution in [1.82, 2.24) is 14.7 Å². The summed E-state index contributed by atoms with van der Waals surface area (Å²) in [6, 6.07) is 0.694. The summed E-state index contributed by atoms with van der Waals surface area (Å²) in [5.41, 5.74) is -0.363. The molecule has 0 amide bonds. The van der Waals surface area contributed by atoms with Gasteiger partial charge in [-0.15, -0.1) is 0 Å². The molecule has 0 unspecified atom stereocenters. The van der Waals surface area contributed by atoms with Gasteiger partial charge in [-0.25, -0.2) is 4.39 Å². The third-order valence-electron chi connectivity index (χ3n) is 9.22. The van der Waals surface area contributed by atoms with Crippen LogP contribution < -0.4 is 0 Å². The first kappa shape index (κ1) is 24.0. The first-order valence-corrected chi connectivity index (χ1v) is 13.6. The average Bonchev–Trinajstić information content (AvgIpc) is 3.48. The Morgan fingerprint density at radius 3 is 1.71 bits per heavy atom. The number of piperidine rings is 3. The van der Waals surface area contributed by atoms with Crippen LogP contribution in [0.2, 0.25) is 0 Å². The molecule has 0 spiro atoms. The van der Waals surface area contributed by atoms with E-state index in [1.807, 2.05) is 0 Å². The normalized spacial score (nSPS) is 29.1. The third-order valence-corrected chi connectivity index (χ3v) is 9.22. The van der Waals surface area contributed by atoms with Crippen molar-refractivity contribution in [2.45, 2.75) is 97.2 Å². The highest BCUT2D eigenvalue weighted by Gasteiger charge is 2.46. The predicted molar refractivity (Wildman–Crippen MR) is 129 cm³/mol. The fourth-order valence-corrected chi connectivity index (χ4v) is 7.10. The van der Waals surface area contributed by atoms with E-state index in [4.69, 9.17) is 0 Å². The molecule has 0 aromatic carbocycles. The van der Waals surface area contributed by atoms with Crippen molar-refractivity contribution in [2.75, 3.05) is 52.4 Å². The van der Waals surface area contributed by atoms with Crippen molar-refractivity contribution in [3.63, 3.8) is 0 Å². The molecule has 3 heterocycles. The summed E-state index contributed by atoms with van der Waals surface area (Å²) in [7, 11) is 0. The van der Waals surface area contributed by atoms with Crippen molar-refractivity contribution in [1.29, 1.82) is 0 Å². The second-order valence-electron chi connectivity index (χ2n) is 12.6. The molecule has 0 radical (unpaired) electrons. The quantitative estimate of drug-likeness (QED) is 0.502. The van der Waals surface area contributed by atoms with E-state index in [9.17, 15) is 0 Å². The lowest BCUT2D eigenvalue weighted by molar-refractivity contribution is 0.00305. The maximum atomic E-state index is 15.7. The molecule has 3 aliphatic heterocycles. The van der Waals surface area contributed by atoms with Crippen molar-refractivity contribution in [2.24, 2.45) is 23.2 Å². The van der Waals surface area contributed by atoms with Crippen molar-refractivity contribution < 1.29 is 4.39 Å². The zero-order valence-electron chi connectivity index (χ0n) is 21.0. The van der Waals surface area contributed by atoms with Crippen LogP contribution in [-0.2, 0) is 0 Å². The molecule has 3 nitrogen and oxygen atoms in total. The molecular formula is C27H50FN3. The van der Waals surface area contributed by atoms with Gasteiger partial charge in [0.25, 0.3) is 0 Å². The first-order valence-electron chi connectivity index (χ1n) is 13.6. The van der Waals surface area contributed by atoms with Gasteiger partial charge in [-0.3, -0.25) is 0 Å². The second-order valence-corrected chi connectivity index (χ2v) is 12.6. The summed E-state index contributed by atoms with van der Waals surface area (Å²) >= 11 is 0. The van der Waals surface area contributed by atoms with Gasteiger partial charge in [0.1, 0.15) is 5.67 Å². The highest BCUT2D eigenvalue weighted by molar-refractivity contribution is 4.98. The van der Waals surface area contributed by atoms with Gasteiger partial charge in [0, 0.05) is 32.2 Å². The van der Waals surface area contributed by atoms with Crippen molar-refractivity contribution in [3.8, 4) is 0 Å². The lowest BCUT2D eigenvalue weighted by Crippen LogP contribution is -2.51. The van der Waals surface area contributed by atoms with Crippen LogP contribution in [0.15, 0.2) is 0 Å². The largest absolute Gasteiger partial charge is 0.303 e. The number of rotatable bonds is 8. The van der Waals surface area contributed by atoms with Crippen LogP contribution in [0.3, 0.4) is 0 Å². The Kier molecular flexibility index (Phi) is 7.71. The van der Waals surface area contributed by atoms with Crippen LogP contribution in [0.5, 0.6) is 0 Å². The van der Waals surface area contributed by atoms with Gasteiger partial charge in [-0.2, -0.15) is 0 Å². The smallest absolute Gasteiger partial charge is 0.126 e. The summed E-state index contributed by atoms with van der Waals surface area (Å²) < 4.78 is 15.7. The summed E-state index contributed by atoms with van der Waals surface area (Å²) in [4.78, 5) is 7.69. The zero-order valence-corrected chi connectivity index (χ0v) is 21.0. The standard InChI is InChI=1S/C27H50FN3/c1-22(2)19-26(9-10-26)20-30-17-11-27(28,12-18-30)21-29-13-5-24(6-14-29)25-7-15-31(16-8-25)23(3)4/h22-25H,5-21H2,1-4H3. The van der Waals surface area contributed by atoms with Crippen LogP contribution >= 0.6 is 0 Å². The number of nitrogens with zero attached hydrogens (tertiary/aromatic N) is 3. The Balaban J connectivity index is 1.16. The zero-order chi connectivity index (χ0) is 22.1. The topological polar surface area (TPSA) is 9.72 Å². The number of alkyl halides is 1. The first-order chi connectivity index (χ1) is 14.8. The van der Waals surface area contributed by atoms with E-state index >= 15 is 4.39 Å². The van der Waals surface area contributed by atoms with Gasteiger partial charge >= 0.3 is 0 Å². The fourth-order valence-electron chi connectivity index (χ4n) is 7.10. The summed E-state index contributed by atoms with van der Waals surface area (Å²) in [5.74, 6) is 2.59. The lowest BCUT2D eigenvalue weighted by Gasteiger charge is -2.44. The molecule has 4 rings (SSSR count). The highest BCUT2D eigenvalue weighted by Crippen LogP contribution is 2.51. The minimum atomic E-state index is -0.944. The third kappa shape index (κ3) is 6.44. The summed E-state index contributed by atoms with van der Waals surface area (Å²) in [6.45, 7) is 18.0. The molecule has 3 saturated heterocycles. The van der Waals surface area contributed by atoms with E-state index in [0.29, 0.717) is 18.0 Å². The van der Waals surface area contributed by atoms with Crippen LogP contribution in [0, 0.1) is 23.2 Å². The Hall–Kier alpha value is -0.190. The van der Waals surface area contributed by atoms with Crippen LogP contribution in [0.4, 0.5) is 4.39 Å². The summed E-state index contributed by atoms with van der Waals surface area (Å²) in [6.07, 6.45) is 11.0. The van der Waals surface area contributed by atoms with Gasteiger partial charge in [-0.1, -0.05) is 13.8 Å². The molecule has 0 aromatic heterocycles. The van der Waals surface area contributed by atoms with Gasteiger partial charge in [0.05, 0.1) is 0 Å². The maximum absolute atomic E-state index is 15.7. The Morgan fingerprint density at radius 2 is 1.23 bits per heavy atom. The minimum absolute atomic E-state index is 0.581. The van der Waals surface area contributed by atoms with Crippen LogP contribution in [0.1, 0.15) is 85.5 Å². The van der Waals surface area contributed by atoms with E-state index in [-0.39, 0.29) is 0 Å². The van der Waals surface area contributed by atoms with Gasteiger partial charge < -0.3 is 14.7 Å². The molecule has 0 N–H and O–H groups in total. The second kappa shape index (κ2) is 9.97. The molecule has 31 heavy (non-hydrogen) atoms. The molecule has 1 saturated carbocycles. The number of likely N-dealkylation sites (tertiary alicyclic amines) is 3. The van der Waals surface area contributed by atoms with Gasteiger partial charge in [-0.05, 0) is 121 Å². The molecule has 4 aliphatic rings. The molecule has 0 aromatic rings. The Morgan fingerprint density at radius 1 is 0.710 bits per heavy atom. The molecule has 1 aliphatic carbocycles. The lowest BCUT2D eigenvalue weighted by atomic mass is 9.78. The number of halogens is 1. The predicted octanol–water partition coefficient (Wildman–Crippen LogP) is 5.45. The monoisotopic (exact) mass is 435 g/mol. The highest BCUT2D eigenvalue weighted by atomic mass is 19.1. The van der Waals surface area contributed by atoms with Gasteiger partial charge in [0.2, 0.25) is 0 Å². The Labute approximate surface area is 192 Å². The molecule has 180 valence electrons. The van der Waals surface area contributed by atoms with Crippen molar-refractivity contribution >= 4 is 0 Å². The maximum Gasteiger partial charge on any atom is 0.126 e. The number of hydrogen-bond donors (Lipinski definition) is 0. The van der Waals surface area contributed by atoms with E-state index in [2.05, 4.69) is 42.4 Å². The average molecular weight is 436 g/mol. The van der Waals surface area contributed by atoms with Gasteiger partial charge in [0.15, 0.2) is 0 Å². The molecule has 0 bridgehead atoms. The van der Waals surface area contributed by atoms with E-state index in [1.54, 1.807) is 0 Å². The van der Waals surface area contributed by atoms with Crippen LogP contribution in [0.25, 0.3) is 0 Å².